The van der Waals surface area contributed by atoms with E-state index in [1.807, 2.05) is 12.1 Å². The molecule has 26 heavy (non-hydrogen) atoms. The lowest BCUT2D eigenvalue weighted by atomic mass is 10.1. The highest BCUT2D eigenvalue weighted by atomic mass is 15.1. The number of benzene rings is 2. The number of fused-ring (bicyclic) bond motifs is 2. The summed E-state index contributed by atoms with van der Waals surface area (Å²) in [5.74, 6) is 0. The van der Waals surface area contributed by atoms with Crippen molar-refractivity contribution in [3.05, 3.63) is 58.7 Å². The predicted octanol–water partition coefficient (Wildman–Crippen LogP) is 2.60. The molecule has 4 rings (SSSR count). The van der Waals surface area contributed by atoms with E-state index in [-0.39, 0.29) is 0 Å². The lowest BCUT2D eigenvalue weighted by Crippen LogP contribution is -2.27. The first-order valence-electron chi connectivity index (χ1n) is 9.41. The fourth-order valence-electron chi connectivity index (χ4n) is 3.96. The average molecular weight is 353 g/mol. The number of anilines is 2. The molecule has 0 saturated heterocycles. The Morgan fingerprint density at radius 2 is 0.962 bits per heavy atom. The van der Waals surface area contributed by atoms with Crippen molar-refractivity contribution < 1.29 is 0 Å². The van der Waals surface area contributed by atoms with Crippen molar-refractivity contribution in [2.24, 2.45) is 0 Å². The van der Waals surface area contributed by atoms with Gasteiger partial charge in [-0.25, -0.2) is 0 Å². The summed E-state index contributed by atoms with van der Waals surface area (Å²) in [5.41, 5.74) is 19.0. The molecule has 0 amide bonds. The second-order valence-electron chi connectivity index (χ2n) is 8.11. The third kappa shape index (κ3) is 4.19. The summed E-state index contributed by atoms with van der Waals surface area (Å²) in [6, 6.07) is 13.9. The number of hydrogen-bond donors (Lipinski definition) is 2. The fraction of sp³-hybridized carbons (Fsp3) is 0.455. The van der Waals surface area contributed by atoms with Crippen molar-refractivity contribution in [1.29, 1.82) is 0 Å². The molecule has 4 nitrogen and oxygen atoms in total. The zero-order chi connectivity index (χ0) is 18.8. The zero-order valence-electron chi connectivity index (χ0n) is 16.5. The van der Waals surface area contributed by atoms with Gasteiger partial charge in [0.05, 0.1) is 0 Å². The minimum atomic E-state index is 0.664. The van der Waals surface area contributed by atoms with E-state index < -0.39 is 0 Å². The van der Waals surface area contributed by atoms with Crippen molar-refractivity contribution in [2.75, 3.05) is 39.7 Å². The van der Waals surface area contributed by atoms with Crippen LogP contribution in [-0.2, 0) is 25.7 Å². The fourth-order valence-corrected chi connectivity index (χ4v) is 3.96. The molecule has 0 heterocycles. The highest BCUT2D eigenvalue weighted by Gasteiger charge is 2.23. The lowest BCUT2D eigenvalue weighted by molar-refractivity contribution is 0.303. The summed E-state index contributed by atoms with van der Waals surface area (Å²) in [6.45, 7) is 0. The molecule has 0 radical (unpaired) electrons. The molecule has 2 aromatic carbocycles. The van der Waals surface area contributed by atoms with E-state index in [0.717, 1.165) is 24.2 Å². The Bertz CT molecular complexity index is 701. The minimum Gasteiger partial charge on any atom is -0.399 e. The number of likely N-dealkylation sites (N-methyl/N-ethyl adjacent to an activating group) is 2. The Labute approximate surface area is 157 Å². The Morgan fingerprint density at radius 1 is 0.615 bits per heavy atom. The Morgan fingerprint density at radius 3 is 1.31 bits per heavy atom. The van der Waals surface area contributed by atoms with E-state index in [2.05, 4.69) is 62.3 Å². The van der Waals surface area contributed by atoms with Crippen LogP contribution in [0.4, 0.5) is 11.4 Å². The first kappa shape index (κ1) is 18.7. The van der Waals surface area contributed by atoms with Crippen LogP contribution < -0.4 is 11.5 Å². The normalized spacial score (nSPS) is 20.7. The van der Waals surface area contributed by atoms with Crippen LogP contribution in [0.2, 0.25) is 0 Å². The van der Waals surface area contributed by atoms with Crippen LogP contribution in [-0.4, -0.2) is 50.1 Å². The number of nitrogen functional groups attached to an aromatic ring is 2. The van der Waals surface area contributed by atoms with Crippen LogP contribution >= 0.6 is 0 Å². The van der Waals surface area contributed by atoms with Gasteiger partial charge in [0, 0.05) is 23.5 Å². The molecule has 140 valence electrons. The summed E-state index contributed by atoms with van der Waals surface area (Å²) in [6.07, 6.45) is 4.63. The molecule has 0 spiro atoms. The Kier molecular flexibility index (Phi) is 5.54. The smallest absolute Gasteiger partial charge is 0.0316 e. The largest absolute Gasteiger partial charge is 0.399 e. The van der Waals surface area contributed by atoms with Crippen LogP contribution in [0.25, 0.3) is 0 Å². The molecular formula is C22H32N4. The third-order valence-electron chi connectivity index (χ3n) is 5.74. The minimum absolute atomic E-state index is 0.664. The molecule has 4 heteroatoms. The van der Waals surface area contributed by atoms with Crippen molar-refractivity contribution >= 4 is 11.4 Å². The molecule has 0 fully saturated rings. The van der Waals surface area contributed by atoms with Gasteiger partial charge in [-0.05, 0) is 100 Å². The first-order chi connectivity index (χ1) is 12.3. The van der Waals surface area contributed by atoms with Gasteiger partial charge in [-0.3, -0.25) is 0 Å². The van der Waals surface area contributed by atoms with Gasteiger partial charge in [0.15, 0.2) is 0 Å². The Hall–Kier alpha value is -2.04. The van der Waals surface area contributed by atoms with Crippen molar-refractivity contribution in [2.45, 2.75) is 37.8 Å². The van der Waals surface area contributed by atoms with Crippen LogP contribution in [0.15, 0.2) is 36.4 Å². The van der Waals surface area contributed by atoms with Crippen LogP contribution in [0.3, 0.4) is 0 Å². The second kappa shape index (κ2) is 7.68. The number of hydrogen-bond acceptors (Lipinski definition) is 4. The van der Waals surface area contributed by atoms with E-state index >= 15 is 0 Å². The number of rotatable bonds is 2. The molecule has 0 unspecified atom stereocenters. The maximum Gasteiger partial charge on any atom is 0.0316 e. The highest BCUT2D eigenvalue weighted by Crippen LogP contribution is 2.27. The molecule has 2 aromatic rings. The molecule has 0 saturated carbocycles. The summed E-state index contributed by atoms with van der Waals surface area (Å²) in [7, 11) is 8.56. The van der Waals surface area contributed by atoms with Gasteiger partial charge in [0.2, 0.25) is 0 Å². The molecule has 2 aliphatic rings. The number of nitrogens with zero attached hydrogens (tertiary/aromatic N) is 2. The van der Waals surface area contributed by atoms with Crippen molar-refractivity contribution in [1.82, 2.24) is 9.80 Å². The molecular weight excluding hydrogens is 320 g/mol. The monoisotopic (exact) mass is 352 g/mol. The first-order valence-corrected chi connectivity index (χ1v) is 9.41. The summed E-state index contributed by atoms with van der Waals surface area (Å²) in [4.78, 5) is 4.58. The SMILES string of the molecule is CN(C)[C@@H]1Cc2ccc(N)cc2C1.CN(C)[C@H]1Cc2ccc(N)cc2C1. The van der Waals surface area contributed by atoms with Gasteiger partial charge < -0.3 is 21.3 Å². The molecule has 2 aliphatic carbocycles. The maximum absolute atomic E-state index is 5.74. The van der Waals surface area contributed by atoms with E-state index in [4.69, 9.17) is 11.5 Å². The van der Waals surface area contributed by atoms with Crippen LogP contribution in [0.5, 0.6) is 0 Å². The molecule has 4 N–H and O–H groups in total. The molecule has 0 aliphatic heterocycles. The van der Waals surface area contributed by atoms with Gasteiger partial charge in [0.1, 0.15) is 0 Å². The van der Waals surface area contributed by atoms with Gasteiger partial charge in [-0.1, -0.05) is 12.1 Å². The summed E-state index contributed by atoms with van der Waals surface area (Å²) < 4.78 is 0. The quantitative estimate of drug-likeness (QED) is 0.816. The van der Waals surface area contributed by atoms with Gasteiger partial charge in [-0.15, -0.1) is 0 Å². The van der Waals surface area contributed by atoms with Gasteiger partial charge in [0.25, 0.3) is 0 Å². The lowest BCUT2D eigenvalue weighted by Gasteiger charge is -2.17. The molecule has 2 atom stereocenters. The van der Waals surface area contributed by atoms with Crippen LogP contribution in [0.1, 0.15) is 22.3 Å². The molecule has 0 aromatic heterocycles. The summed E-state index contributed by atoms with van der Waals surface area (Å²) >= 11 is 0. The predicted molar refractivity (Wildman–Crippen MR) is 111 cm³/mol. The van der Waals surface area contributed by atoms with Gasteiger partial charge >= 0.3 is 0 Å². The van der Waals surface area contributed by atoms with Gasteiger partial charge in [-0.2, -0.15) is 0 Å². The van der Waals surface area contributed by atoms with Crippen molar-refractivity contribution in [3.8, 4) is 0 Å². The number of nitrogens with two attached hydrogens (primary N) is 2. The van der Waals surface area contributed by atoms with E-state index in [0.29, 0.717) is 12.1 Å². The van der Waals surface area contributed by atoms with Crippen LogP contribution in [0, 0.1) is 0 Å². The second-order valence-corrected chi connectivity index (χ2v) is 8.11. The van der Waals surface area contributed by atoms with E-state index in [1.165, 1.54) is 35.1 Å². The topological polar surface area (TPSA) is 58.5 Å². The van der Waals surface area contributed by atoms with E-state index in [9.17, 15) is 0 Å². The molecule has 0 bridgehead atoms. The van der Waals surface area contributed by atoms with E-state index in [1.54, 1.807) is 0 Å². The Balaban J connectivity index is 0.000000151. The maximum atomic E-state index is 5.74. The standard InChI is InChI=1S/2C11H16N2/c2*1-13(2)11-6-8-3-4-10(12)5-9(8)7-11/h2*3-5,11H,6-7,12H2,1-2H3/t2*11-/m10/s1. The average Bonchev–Trinajstić information content (AvgIpc) is 3.18. The third-order valence-corrected chi connectivity index (χ3v) is 5.74. The summed E-state index contributed by atoms with van der Waals surface area (Å²) in [5, 5.41) is 0. The highest BCUT2D eigenvalue weighted by molar-refractivity contribution is 5.48. The zero-order valence-corrected chi connectivity index (χ0v) is 16.5. The van der Waals surface area contributed by atoms with Crippen molar-refractivity contribution in [3.63, 3.8) is 0 Å².